The molecule has 0 spiro atoms. The summed E-state index contributed by atoms with van der Waals surface area (Å²) in [6.45, 7) is 0.0496. The third kappa shape index (κ3) is 4.15. The lowest BCUT2D eigenvalue weighted by atomic mass is 10.1. The fraction of sp³-hybridized carbons (Fsp3) is 0.176. The zero-order valence-electron chi connectivity index (χ0n) is 13.7. The van der Waals surface area contributed by atoms with Crippen LogP contribution in [0, 0.1) is 0 Å². The number of benzene rings is 2. The number of nitrogens with zero attached hydrogens (tertiary/aromatic N) is 1. The smallest absolute Gasteiger partial charge is 0.416 e. The van der Waals surface area contributed by atoms with E-state index in [1.165, 1.54) is 25.3 Å². The molecule has 0 saturated carbocycles. The highest BCUT2D eigenvalue weighted by Gasteiger charge is 2.30. The van der Waals surface area contributed by atoms with Crippen molar-refractivity contribution < 1.29 is 27.8 Å². The van der Waals surface area contributed by atoms with Crippen molar-refractivity contribution in [3.8, 4) is 5.75 Å². The van der Waals surface area contributed by atoms with Crippen molar-refractivity contribution >= 4 is 44.2 Å². The minimum absolute atomic E-state index is 0.0496. The lowest BCUT2D eigenvalue weighted by Gasteiger charge is -2.09. The summed E-state index contributed by atoms with van der Waals surface area (Å²) in [5.74, 6) is -0.985. The number of carbonyl (C=O) groups excluding carboxylic acids is 1. The summed E-state index contributed by atoms with van der Waals surface area (Å²) in [7, 11) is 1.43. The molecular weight excluding hydrogens is 405 g/mol. The van der Waals surface area contributed by atoms with Gasteiger partial charge in [0.25, 0.3) is 5.91 Å². The van der Waals surface area contributed by atoms with E-state index in [-0.39, 0.29) is 32.8 Å². The molecule has 142 valence electrons. The summed E-state index contributed by atoms with van der Waals surface area (Å²) in [5.41, 5.74) is -0.244. The number of methoxy groups -OCH3 is 1. The van der Waals surface area contributed by atoms with E-state index in [1.54, 1.807) is 0 Å². The number of hydrogen-bond donors (Lipinski definition) is 2. The lowest BCUT2D eigenvalue weighted by molar-refractivity contribution is -0.137. The zero-order valence-corrected chi connectivity index (χ0v) is 15.3. The van der Waals surface area contributed by atoms with Crippen LogP contribution in [0.4, 0.5) is 18.3 Å². The molecule has 0 unspecified atom stereocenters. The second kappa shape index (κ2) is 7.34. The van der Waals surface area contributed by atoms with Gasteiger partial charge in [-0.25, -0.2) is 4.98 Å². The van der Waals surface area contributed by atoms with Crippen molar-refractivity contribution in [2.45, 2.75) is 12.8 Å². The number of phenols is 1. The zero-order chi connectivity index (χ0) is 19.8. The van der Waals surface area contributed by atoms with Gasteiger partial charge < -0.3 is 9.84 Å². The first-order valence-electron chi connectivity index (χ1n) is 7.48. The number of anilines is 1. The summed E-state index contributed by atoms with van der Waals surface area (Å²) in [4.78, 5) is 16.6. The minimum Gasteiger partial charge on any atom is -0.507 e. The molecule has 1 heterocycles. The van der Waals surface area contributed by atoms with Crippen molar-refractivity contribution in [2.24, 2.45) is 0 Å². The van der Waals surface area contributed by atoms with Gasteiger partial charge in [0.15, 0.2) is 5.13 Å². The van der Waals surface area contributed by atoms with Crippen LogP contribution in [0.15, 0.2) is 30.3 Å². The van der Waals surface area contributed by atoms with Crippen LogP contribution in [0.3, 0.4) is 0 Å². The summed E-state index contributed by atoms with van der Waals surface area (Å²) in [5, 5.41) is 13.0. The van der Waals surface area contributed by atoms with Crippen LogP contribution in [-0.2, 0) is 17.5 Å². The maximum Gasteiger partial charge on any atom is 0.416 e. The number of halogens is 4. The van der Waals surface area contributed by atoms with Crippen molar-refractivity contribution in [2.75, 3.05) is 12.4 Å². The molecule has 27 heavy (non-hydrogen) atoms. The topological polar surface area (TPSA) is 71.5 Å². The van der Waals surface area contributed by atoms with Crippen LogP contribution in [0.5, 0.6) is 5.75 Å². The molecule has 10 heteroatoms. The Kier molecular flexibility index (Phi) is 5.27. The van der Waals surface area contributed by atoms with E-state index in [1.807, 2.05) is 0 Å². The molecule has 3 rings (SSSR count). The van der Waals surface area contributed by atoms with Crippen molar-refractivity contribution in [1.82, 2.24) is 4.98 Å². The van der Waals surface area contributed by atoms with Gasteiger partial charge in [0.1, 0.15) is 5.75 Å². The molecule has 3 aromatic rings. The Morgan fingerprint density at radius 3 is 2.74 bits per heavy atom. The number of hydrogen-bond acceptors (Lipinski definition) is 5. The number of aromatic hydroxyl groups is 1. The van der Waals surface area contributed by atoms with E-state index in [0.717, 1.165) is 23.5 Å². The molecule has 0 bridgehead atoms. The van der Waals surface area contributed by atoms with E-state index < -0.39 is 17.6 Å². The second-order valence-electron chi connectivity index (χ2n) is 5.55. The largest absolute Gasteiger partial charge is 0.507 e. The van der Waals surface area contributed by atoms with Gasteiger partial charge in [-0.3, -0.25) is 10.1 Å². The third-order valence-electron chi connectivity index (χ3n) is 3.63. The Balaban J connectivity index is 1.90. The molecule has 1 aromatic heterocycles. The normalized spacial score (nSPS) is 11.7. The first-order valence-corrected chi connectivity index (χ1v) is 8.68. The van der Waals surface area contributed by atoms with Gasteiger partial charge in [-0.15, -0.1) is 0 Å². The van der Waals surface area contributed by atoms with Crippen LogP contribution < -0.4 is 5.32 Å². The monoisotopic (exact) mass is 416 g/mol. The highest BCUT2D eigenvalue weighted by molar-refractivity contribution is 7.22. The molecule has 2 aromatic carbocycles. The number of aromatic nitrogens is 1. The molecule has 0 atom stereocenters. The molecular formula is C17H12ClF3N2O3S. The van der Waals surface area contributed by atoms with E-state index in [9.17, 15) is 23.1 Å². The van der Waals surface area contributed by atoms with E-state index in [0.29, 0.717) is 11.1 Å². The van der Waals surface area contributed by atoms with Crippen LogP contribution in [0.1, 0.15) is 21.5 Å². The van der Waals surface area contributed by atoms with Crippen molar-refractivity contribution in [1.29, 1.82) is 0 Å². The average Bonchev–Trinajstić information content (AvgIpc) is 2.98. The predicted molar refractivity (Wildman–Crippen MR) is 96.4 cm³/mol. The maximum atomic E-state index is 12.8. The third-order valence-corrected chi connectivity index (χ3v) is 4.79. The molecule has 0 saturated heterocycles. The standard InChI is InChI=1S/C17H12ClF3N2O3S/c1-26-7-8-4-10(18)6-11(14(8)24)15(25)23-16-22-12-3-2-9(17(19,20)21)5-13(12)27-16/h2-6,24H,7H2,1H3,(H,22,23,25). The average molecular weight is 417 g/mol. The van der Waals surface area contributed by atoms with Gasteiger partial charge in [-0.05, 0) is 30.3 Å². The second-order valence-corrected chi connectivity index (χ2v) is 7.01. The molecule has 1 amide bonds. The molecule has 0 aliphatic rings. The van der Waals surface area contributed by atoms with E-state index in [4.69, 9.17) is 16.3 Å². The van der Waals surface area contributed by atoms with Crippen LogP contribution in [0.25, 0.3) is 10.2 Å². The Morgan fingerprint density at radius 2 is 2.07 bits per heavy atom. The number of thiazole rings is 1. The maximum absolute atomic E-state index is 12.8. The number of fused-ring (bicyclic) bond motifs is 1. The van der Waals surface area contributed by atoms with E-state index >= 15 is 0 Å². The van der Waals surface area contributed by atoms with Crippen molar-refractivity contribution in [3.05, 3.63) is 52.0 Å². The van der Waals surface area contributed by atoms with Crippen LogP contribution in [-0.4, -0.2) is 23.1 Å². The Morgan fingerprint density at radius 1 is 1.33 bits per heavy atom. The SMILES string of the molecule is COCc1cc(Cl)cc(C(=O)Nc2nc3ccc(C(F)(F)F)cc3s2)c1O. The van der Waals surface area contributed by atoms with Crippen molar-refractivity contribution in [3.63, 3.8) is 0 Å². The lowest BCUT2D eigenvalue weighted by Crippen LogP contribution is -2.12. The van der Waals surface area contributed by atoms with Crippen LogP contribution >= 0.6 is 22.9 Å². The van der Waals surface area contributed by atoms with Gasteiger partial charge >= 0.3 is 6.18 Å². The highest BCUT2D eigenvalue weighted by atomic mass is 35.5. The van der Waals surface area contributed by atoms with E-state index in [2.05, 4.69) is 10.3 Å². The predicted octanol–water partition coefficient (Wildman–Crippen LogP) is 5.07. The number of carbonyl (C=O) groups is 1. The Hall–Kier alpha value is -2.36. The van der Waals surface area contributed by atoms with Gasteiger partial charge in [-0.2, -0.15) is 13.2 Å². The molecule has 0 fully saturated rings. The molecule has 0 aliphatic heterocycles. The van der Waals surface area contributed by atoms with Crippen LogP contribution in [0.2, 0.25) is 5.02 Å². The minimum atomic E-state index is -4.47. The molecule has 2 N–H and O–H groups in total. The van der Waals surface area contributed by atoms with Gasteiger partial charge in [0.05, 0.1) is 28.0 Å². The van der Waals surface area contributed by atoms with Gasteiger partial charge in [0.2, 0.25) is 0 Å². The Bertz CT molecular complexity index is 1020. The number of nitrogens with one attached hydrogen (secondary N) is 1. The number of ether oxygens (including phenoxy) is 1. The number of phenolic OH excluding ortho intramolecular Hbond substituents is 1. The summed E-state index contributed by atoms with van der Waals surface area (Å²) < 4.78 is 43.6. The first kappa shape index (κ1) is 19.4. The first-order chi connectivity index (χ1) is 12.7. The Labute approximate surface area is 160 Å². The molecule has 5 nitrogen and oxygen atoms in total. The summed E-state index contributed by atoms with van der Waals surface area (Å²) >= 11 is 6.86. The fourth-order valence-electron chi connectivity index (χ4n) is 2.41. The summed E-state index contributed by atoms with van der Waals surface area (Å²) in [6, 6.07) is 5.87. The fourth-order valence-corrected chi connectivity index (χ4v) is 3.55. The van der Waals surface area contributed by atoms with Gasteiger partial charge in [0, 0.05) is 17.7 Å². The van der Waals surface area contributed by atoms with Gasteiger partial charge in [-0.1, -0.05) is 22.9 Å². The highest BCUT2D eigenvalue weighted by Crippen LogP contribution is 2.35. The number of alkyl halides is 3. The molecule has 0 aliphatic carbocycles. The number of amides is 1. The quantitative estimate of drug-likeness (QED) is 0.622. The number of rotatable bonds is 4. The molecule has 0 radical (unpaired) electrons. The summed E-state index contributed by atoms with van der Waals surface area (Å²) in [6.07, 6.45) is -4.47.